The van der Waals surface area contributed by atoms with Gasteiger partial charge in [0.2, 0.25) is 0 Å². The van der Waals surface area contributed by atoms with Crippen molar-refractivity contribution in [3.05, 3.63) is 246 Å². The first kappa shape index (κ1) is 39.1. The number of para-hydroxylation sites is 3. The average molecular weight is 764 g/mol. The van der Waals surface area contributed by atoms with Crippen molar-refractivity contribution >= 4 is 17.1 Å². The molecule has 0 heterocycles. The molecule has 58 heavy (non-hydrogen) atoms. The van der Waals surface area contributed by atoms with E-state index in [9.17, 15) is 20.4 Å². The molecule has 1 atom stereocenters. The first-order valence-electron chi connectivity index (χ1n) is 19.1. The number of rotatable bonds is 11. The number of aromatic hydroxyl groups is 3. The molecule has 8 aromatic rings. The van der Waals surface area contributed by atoms with Crippen LogP contribution < -0.4 is 9.59 Å². The molecular formula is C52H45NO5. The van der Waals surface area contributed by atoms with Crippen molar-refractivity contribution in [2.75, 3.05) is 13.8 Å². The molecule has 0 spiro atoms. The van der Waals surface area contributed by atoms with Crippen molar-refractivity contribution in [2.45, 2.75) is 11.8 Å². The van der Waals surface area contributed by atoms with Crippen molar-refractivity contribution in [3.8, 4) is 23.0 Å². The first-order valence-corrected chi connectivity index (χ1v) is 19.1. The molecule has 0 aliphatic heterocycles. The third-order valence-electron chi connectivity index (χ3n) is 10.4. The summed E-state index contributed by atoms with van der Waals surface area (Å²) in [5.74, 6) is 0.379. The number of methoxy groups -OCH3 is 1. The predicted molar refractivity (Wildman–Crippen MR) is 231 cm³/mol. The number of hydrogen-bond donors (Lipinski definition) is 3. The molecule has 0 bridgehead atoms. The lowest BCUT2D eigenvalue weighted by Gasteiger charge is -2.36. The molecule has 1 unspecified atom stereocenters. The molecule has 0 radical (unpaired) electrons. The van der Waals surface area contributed by atoms with Crippen LogP contribution in [-0.4, -0.2) is 29.2 Å². The fourth-order valence-corrected chi connectivity index (χ4v) is 7.61. The van der Waals surface area contributed by atoms with Gasteiger partial charge in [0, 0.05) is 55.3 Å². The van der Waals surface area contributed by atoms with E-state index in [0.717, 1.165) is 33.4 Å². The zero-order chi connectivity index (χ0) is 40.3. The number of benzene rings is 8. The second kappa shape index (κ2) is 18.2. The highest BCUT2D eigenvalue weighted by Crippen LogP contribution is 2.43. The first-order chi connectivity index (χ1) is 28.4. The highest BCUT2D eigenvalue weighted by Gasteiger charge is 2.36. The third kappa shape index (κ3) is 8.79. The molecule has 6 heteroatoms. The number of nitrogens with zero attached hydrogens (tertiary/aromatic N) is 1. The summed E-state index contributed by atoms with van der Waals surface area (Å²) >= 11 is 0. The van der Waals surface area contributed by atoms with Crippen molar-refractivity contribution in [2.24, 2.45) is 0 Å². The smallest absolute Gasteiger partial charge is 0.196 e. The Morgan fingerprint density at radius 1 is 0.379 bits per heavy atom. The van der Waals surface area contributed by atoms with Crippen LogP contribution >= 0.6 is 0 Å². The van der Waals surface area contributed by atoms with Crippen LogP contribution in [0.1, 0.15) is 45.2 Å². The van der Waals surface area contributed by atoms with Crippen LogP contribution in [0.25, 0.3) is 0 Å². The molecule has 288 valence electrons. The Kier molecular flexibility index (Phi) is 12.3. The highest BCUT2D eigenvalue weighted by molar-refractivity contribution is 5.70. The highest BCUT2D eigenvalue weighted by atomic mass is 16.5. The van der Waals surface area contributed by atoms with Gasteiger partial charge in [0.15, 0.2) is 6.73 Å². The minimum Gasteiger partial charge on any atom is -0.872 e. The molecule has 0 saturated carbocycles. The van der Waals surface area contributed by atoms with E-state index < -0.39 is 0 Å². The molecule has 6 nitrogen and oxygen atoms in total. The van der Waals surface area contributed by atoms with Crippen LogP contribution in [0, 0.1) is 0 Å². The molecule has 0 aliphatic carbocycles. The lowest BCUT2D eigenvalue weighted by atomic mass is 9.81. The number of phenolic OH excluding ortho intramolecular Hbond substituents is 3. The predicted octanol–water partition coefficient (Wildman–Crippen LogP) is 11.5. The van der Waals surface area contributed by atoms with Crippen LogP contribution in [0.5, 0.6) is 23.0 Å². The number of ether oxygens (including phenoxy) is 1. The fraction of sp³-hybridized carbons (Fsp3) is 0.0769. The Hall–Kier alpha value is -7.12. The van der Waals surface area contributed by atoms with Gasteiger partial charge in [-0.1, -0.05) is 140 Å². The molecule has 0 aliphatic rings. The molecule has 0 saturated heterocycles. The van der Waals surface area contributed by atoms with Gasteiger partial charge in [0.05, 0.1) is 0 Å². The summed E-state index contributed by atoms with van der Waals surface area (Å²) in [6.45, 7) is 0.540. The quantitative estimate of drug-likeness (QED) is 0.0693. The van der Waals surface area contributed by atoms with Crippen molar-refractivity contribution in [1.82, 2.24) is 4.48 Å². The Labute approximate surface area is 340 Å². The molecule has 0 fully saturated rings. The molecule has 8 aromatic carbocycles. The van der Waals surface area contributed by atoms with E-state index in [1.54, 1.807) is 55.6 Å². The summed E-state index contributed by atoms with van der Waals surface area (Å²) in [6.07, 6.45) is 0. The lowest BCUT2D eigenvalue weighted by molar-refractivity contribution is -0.268. The third-order valence-corrected chi connectivity index (χ3v) is 10.4. The van der Waals surface area contributed by atoms with Crippen LogP contribution in [0.15, 0.2) is 212 Å². The molecule has 3 N–H and O–H groups in total. The Morgan fingerprint density at radius 3 is 0.879 bits per heavy atom. The molecule has 8 rings (SSSR count). The largest absolute Gasteiger partial charge is 0.872 e. The van der Waals surface area contributed by atoms with Gasteiger partial charge < -0.3 is 25.2 Å². The van der Waals surface area contributed by atoms with Crippen LogP contribution in [-0.2, 0) is 4.74 Å². The lowest BCUT2D eigenvalue weighted by Crippen LogP contribution is -2.40. The Bertz CT molecular complexity index is 2150. The van der Waals surface area contributed by atoms with Crippen molar-refractivity contribution in [3.63, 3.8) is 0 Å². The maximum absolute atomic E-state index is 11.7. The van der Waals surface area contributed by atoms with E-state index in [-0.39, 0.29) is 34.8 Å². The summed E-state index contributed by atoms with van der Waals surface area (Å²) in [4.78, 5) is 0. The summed E-state index contributed by atoms with van der Waals surface area (Å²) in [6, 6.07) is 68.2. The number of quaternary nitrogens is 1. The number of phenols is 3. The maximum atomic E-state index is 11.7. The van der Waals surface area contributed by atoms with Gasteiger partial charge in [-0.3, -0.25) is 0 Å². The number of hydrogen-bond acceptors (Lipinski definition) is 5. The van der Waals surface area contributed by atoms with Gasteiger partial charge in [0.1, 0.15) is 34.3 Å². The van der Waals surface area contributed by atoms with Crippen LogP contribution in [0.4, 0.5) is 17.1 Å². The van der Waals surface area contributed by atoms with E-state index in [1.807, 2.05) is 66.7 Å². The molecular weight excluding hydrogens is 719 g/mol. The van der Waals surface area contributed by atoms with Gasteiger partial charge >= 0.3 is 0 Å². The van der Waals surface area contributed by atoms with Gasteiger partial charge in [-0.15, -0.1) is 5.75 Å². The van der Waals surface area contributed by atoms with E-state index in [4.69, 9.17) is 4.74 Å². The minimum atomic E-state index is -0.110. The van der Waals surface area contributed by atoms with E-state index >= 15 is 0 Å². The van der Waals surface area contributed by atoms with Crippen molar-refractivity contribution in [1.29, 1.82) is 0 Å². The summed E-state index contributed by atoms with van der Waals surface area (Å²) in [7, 11) is 1.75. The second-order valence-corrected chi connectivity index (χ2v) is 14.1. The van der Waals surface area contributed by atoms with Gasteiger partial charge in [-0.25, -0.2) is 4.48 Å². The monoisotopic (exact) mass is 763 g/mol. The van der Waals surface area contributed by atoms with Crippen molar-refractivity contribution < 1.29 is 25.2 Å². The van der Waals surface area contributed by atoms with E-state index in [0.29, 0.717) is 11.2 Å². The second-order valence-electron chi connectivity index (χ2n) is 14.1. The standard InChI is InChI=1S/C32H26O4.C20H20NO/c33-27-13-5-23(6-14-27)31(24-7-15-28(34)16-8-24)21-1-2-22(4-3-21)32(25-9-17-29(35)18-10-25)26-11-19-30(36)20-12-26;1-22-17-21(18-11-5-2-6-12-18,19-13-7-3-8-14-19)20-15-9-4-10-16-20/h1-20,31-36H;2-16H,17H2,1H3/q;+1/p-1. The van der Waals surface area contributed by atoms with Crippen LogP contribution in [0.2, 0.25) is 0 Å². The summed E-state index contributed by atoms with van der Waals surface area (Å²) < 4.78 is 6.18. The van der Waals surface area contributed by atoms with E-state index in [1.165, 1.54) is 17.1 Å². The average Bonchev–Trinajstić information content (AvgIpc) is 3.27. The Morgan fingerprint density at radius 2 is 0.621 bits per heavy atom. The maximum Gasteiger partial charge on any atom is 0.196 e. The van der Waals surface area contributed by atoms with Gasteiger partial charge in [0.25, 0.3) is 0 Å². The fourth-order valence-electron chi connectivity index (χ4n) is 7.61. The molecule has 0 aromatic heterocycles. The normalized spacial score (nSPS) is 11.7. The van der Waals surface area contributed by atoms with Crippen LogP contribution in [0.3, 0.4) is 0 Å². The van der Waals surface area contributed by atoms with Gasteiger partial charge in [-0.2, -0.15) is 0 Å². The topological polar surface area (TPSA) is 93.0 Å². The molecule has 0 amide bonds. The zero-order valence-corrected chi connectivity index (χ0v) is 32.2. The SMILES string of the molecule is COC[N+](c1ccccc1)(c1ccccc1)c1ccccc1.[O-]c1ccc(C(c2ccc(O)cc2)c2ccc(C(c3ccc(O)cc3)c3ccc(O)cc3)cc2)cc1. The van der Waals surface area contributed by atoms with Gasteiger partial charge in [-0.05, 0) is 69.8 Å². The summed E-state index contributed by atoms with van der Waals surface area (Å²) in [5.41, 5.74) is 9.70. The van der Waals surface area contributed by atoms with E-state index in [2.05, 4.69) is 97.1 Å². The summed E-state index contributed by atoms with van der Waals surface area (Å²) in [5, 5.41) is 41.1. The minimum absolute atomic E-state index is 0.0378. The Balaban J connectivity index is 0.000000199. The zero-order valence-electron chi connectivity index (χ0n) is 32.2.